The van der Waals surface area contributed by atoms with Gasteiger partial charge < -0.3 is 15.1 Å². The molecule has 0 spiro atoms. The zero-order valence-electron chi connectivity index (χ0n) is 10.8. The van der Waals surface area contributed by atoms with Gasteiger partial charge in [0.2, 0.25) is 0 Å². The van der Waals surface area contributed by atoms with Crippen molar-refractivity contribution in [2.45, 2.75) is 6.42 Å². The van der Waals surface area contributed by atoms with E-state index in [1.54, 1.807) is 4.90 Å². The number of carbonyl (C=O) groups is 2. The molecule has 0 aliphatic rings. The predicted octanol–water partition coefficient (Wildman–Crippen LogP) is 2.21. The van der Waals surface area contributed by atoms with E-state index >= 15 is 0 Å². The van der Waals surface area contributed by atoms with Crippen LogP contribution in [0.15, 0.2) is 42.5 Å². The molecule has 0 heterocycles. The number of fused-ring (bicyclic) bond motifs is 1. The van der Waals surface area contributed by atoms with Crippen molar-refractivity contribution in [3.05, 3.63) is 42.5 Å². The van der Waals surface area contributed by atoms with Crippen molar-refractivity contribution >= 4 is 28.4 Å². The Balaban J connectivity index is 2.39. The summed E-state index contributed by atoms with van der Waals surface area (Å²) in [5.41, 5.74) is 0.742. The molecule has 2 rings (SSSR count). The first-order valence-electron chi connectivity index (χ1n) is 6.24. The minimum absolute atomic E-state index is 0.101. The highest BCUT2D eigenvalue weighted by atomic mass is 16.4. The van der Waals surface area contributed by atoms with Crippen LogP contribution in [0.3, 0.4) is 0 Å². The van der Waals surface area contributed by atoms with Crippen LogP contribution in [0.4, 0.5) is 5.69 Å². The van der Waals surface area contributed by atoms with E-state index in [0.717, 1.165) is 16.5 Å². The number of rotatable bonds is 6. The molecule has 0 atom stereocenters. The van der Waals surface area contributed by atoms with Crippen molar-refractivity contribution < 1.29 is 19.8 Å². The molecule has 0 unspecified atom stereocenters. The summed E-state index contributed by atoms with van der Waals surface area (Å²) in [5, 5.41) is 19.7. The molecule has 0 fully saturated rings. The largest absolute Gasteiger partial charge is 0.481 e. The first kappa shape index (κ1) is 13.9. The second-order valence-corrected chi connectivity index (χ2v) is 4.46. The Hall–Kier alpha value is -2.56. The summed E-state index contributed by atoms with van der Waals surface area (Å²) in [4.78, 5) is 23.3. The summed E-state index contributed by atoms with van der Waals surface area (Å²) in [7, 11) is 0. The summed E-state index contributed by atoms with van der Waals surface area (Å²) < 4.78 is 0. The van der Waals surface area contributed by atoms with Crippen LogP contribution in [0, 0.1) is 0 Å². The SMILES string of the molecule is O=C(O)CCN(CC(=O)O)c1cccc2ccccc12. The van der Waals surface area contributed by atoms with Crippen LogP contribution in [0.25, 0.3) is 10.8 Å². The number of aliphatic carboxylic acids is 2. The van der Waals surface area contributed by atoms with Gasteiger partial charge in [-0.1, -0.05) is 36.4 Å². The lowest BCUT2D eigenvalue weighted by Gasteiger charge is -2.23. The van der Waals surface area contributed by atoms with E-state index in [1.807, 2.05) is 42.5 Å². The Morgan fingerprint density at radius 2 is 1.65 bits per heavy atom. The quantitative estimate of drug-likeness (QED) is 0.843. The van der Waals surface area contributed by atoms with Gasteiger partial charge in [0.25, 0.3) is 0 Å². The summed E-state index contributed by atoms with van der Waals surface area (Å²) >= 11 is 0. The molecular formula is C15H15NO4. The van der Waals surface area contributed by atoms with Gasteiger partial charge in [-0.05, 0) is 11.5 Å². The predicted molar refractivity (Wildman–Crippen MR) is 76.0 cm³/mol. The summed E-state index contributed by atoms with van der Waals surface area (Å²) in [5.74, 6) is -1.93. The summed E-state index contributed by atoms with van der Waals surface area (Å²) in [6.07, 6.45) is -0.101. The van der Waals surface area contributed by atoms with Crippen molar-refractivity contribution in [3.63, 3.8) is 0 Å². The second-order valence-electron chi connectivity index (χ2n) is 4.46. The number of hydrogen-bond donors (Lipinski definition) is 2. The van der Waals surface area contributed by atoms with Crippen LogP contribution in [-0.2, 0) is 9.59 Å². The van der Waals surface area contributed by atoms with Crippen LogP contribution in [0.2, 0.25) is 0 Å². The fourth-order valence-electron chi connectivity index (χ4n) is 2.16. The number of anilines is 1. The maximum Gasteiger partial charge on any atom is 0.323 e. The van der Waals surface area contributed by atoms with Gasteiger partial charge in [0.1, 0.15) is 6.54 Å². The Morgan fingerprint density at radius 1 is 0.950 bits per heavy atom. The van der Waals surface area contributed by atoms with Crippen molar-refractivity contribution in [2.75, 3.05) is 18.0 Å². The average molecular weight is 273 g/mol. The second kappa shape index (κ2) is 6.06. The van der Waals surface area contributed by atoms with E-state index in [0.29, 0.717) is 0 Å². The molecule has 2 aromatic carbocycles. The molecule has 2 N–H and O–H groups in total. The number of hydrogen-bond acceptors (Lipinski definition) is 3. The fraction of sp³-hybridized carbons (Fsp3) is 0.200. The number of nitrogens with zero attached hydrogens (tertiary/aromatic N) is 1. The van der Waals surface area contributed by atoms with Crippen LogP contribution < -0.4 is 4.90 Å². The lowest BCUT2D eigenvalue weighted by Crippen LogP contribution is -2.31. The minimum atomic E-state index is -0.983. The monoisotopic (exact) mass is 273 g/mol. The standard InChI is InChI=1S/C15H15NO4/c17-14(18)8-9-16(10-15(19)20)13-7-3-5-11-4-1-2-6-12(11)13/h1-7H,8-10H2,(H,17,18)(H,19,20). The van der Waals surface area contributed by atoms with Gasteiger partial charge in [-0.25, -0.2) is 0 Å². The smallest absolute Gasteiger partial charge is 0.323 e. The molecule has 0 radical (unpaired) electrons. The van der Waals surface area contributed by atoms with Gasteiger partial charge in [-0.2, -0.15) is 0 Å². The van der Waals surface area contributed by atoms with Crippen molar-refractivity contribution in [1.82, 2.24) is 0 Å². The number of carboxylic acids is 2. The lowest BCUT2D eigenvalue weighted by molar-refractivity contribution is -0.138. The third kappa shape index (κ3) is 3.26. The van der Waals surface area contributed by atoms with Gasteiger partial charge in [-0.15, -0.1) is 0 Å². The highest BCUT2D eigenvalue weighted by molar-refractivity contribution is 5.95. The first-order chi connectivity index (χ1) is 9.58. The Kier molecular flexibility index (Phi) is 4.20. The molecule has 20 heavy (non-hydrogen) atoms. The highest BCUT2D eigenvalue weighted by Crippen LogP contribution is 2.26. The molecule has 0 aliphatic heterocycles. The van der Waals surface area contributed by atoms with Crippen molar-refractivity contribution in [2.24, 2.45) is 0 Å². The molecule has 104 valence electrons. The van der Waals surface area contributed by atoms with E-state index in [9.17, 15) is 9.59 Å². The molecule has 5 nitrogen and oxygen atoms in total. The fourth-order valence-corrected chi connectivity index (χ4v) is 2.16. The normalized spacial score (nSPS) is 10.4. The number of carboxylic acid groups (broad SMARTS) is 2. The van der Waals surface area contributed by atoms with E-state index < -0.39 is 11.9 Å². The Labute approximate surface area is 116 Å². The van der Waals surface area contributed by atoms with Crippen molar-refractivity contribution in [3.8, 4) is 0 Å². The van der Waals surface area contributed by atoms with Gasteiger partial charge >= 0.3 is 11.9 Å². The number of benzene rings is 2. The molecule has 0 aliphatic carbocycles. The molecule has 0 saturated carbocycles. The zero-order chi connectivity index (χ0) is 14.5. The Bertz CT molecular complexity index is 633. The molecule has 5 heteroatoms. The summed E-state index contributed by atoms with van der Waals surface area (Å²) in [6.45, 7) is -0.0586. The first-order valence-corrected chi connectivity index (χ1v) is 6.24. The van der Waals surface area contributed by atoms with E-state index in [1.165, 1.54) is 0 Å². The van der Waals surface area contributed by atoms with Crippen molar-refractivity contribution in [1.29, 1.82) is 0 Å². The topological polar surface area (TPSA) is 77.8 Å². The van der Waals surface area contributed by atoms with Gasteiger partial charge in [0, 0.05) is 17.6 Å². The van der Waals surface area contributed by atoms with Crippen LogP contribution in [0.5, 0.6) is 0 Å². The molecule has 0 aromatic heterocycles. The van der Waals surface area contributed by atoms with Crippen LogP contribution >= 0.6 is 0 Å². The molecule has 2 aromatic rings. The molecule has 0 saturated heterocycles. The zero-order valence-corrected chi connectivity index (χ0v) is 10.8. The molecule has 0 bridgehead atoms. The maximum absolute atomic E-state index is 11.0. The van der Waals surface area contributed by atoms with Crippen LogP contribution in [-0.4, -0.2) is 35.2 Å². The molecular weight excluding hydrogens is 258 g/mol. The third-order valence-corrected chi connectivity index (χ3v) is 3.03. The summed E-state index contributed by atoms with van der Waals surface area (Å²) in [6, 6.07) is 13.2. The van der Waals surface area contributed by atoms with E-state index in [2.05, 4.69) is 0 Å². The van der Waals surface area contributed by atoms with Crippen LogP contribution in [0.1, 0.15) is 6.42 Å². The van der Waals surface area contributed by atoms with E-state index in [-0.39, 0.29) is 19.5 Å². The van der Waals surface area contributed by atoms with Gasteiger partial charge in [0.15, 0.2) is 0 Å². The van der Waals surface area contributed by atoms with Gasteiger partial charge in [0.05, 0.1) is 6.42 Å². The lowest BCUT2D eigenvalue weighted by atomic mass is 10.1. The third-order valence-electron chi connectivity index (χ3n) is 3.03. The maximum atomic E-state index is 11.0. The van der Waals surface area contributed by atoms with Gasteiger partial charge in [-0.3, -0.25) is 9.59 Å². The Morgan fingerprint density at radius 3 is 2.35 bits per heavy atom. The van der Waals surface area contributed by atoms with E-state index in [4.69, 9.17) is 10.2 Å². The molecule has 0 amide bonds. The average Bonchev–Trinajstić information content (AvgIpc) is 2.42. The highest BCUT2D eigenvalue weighted by Gasteiger charge is 2.14. The minimum Gasteiger partial charge on any atom is -0.481 e.